The van der Waals surface area contributed by atoms with E-state index in [9.17, 15) is 9.59 Å². The summed E-state index contributed by atoms with van der Waals surface area (Å²) in [5.41, 5.74) is 2.28. The zero-order valence-electron chi connectivity index (χ0n) is 16.6. The van der Waals surface area contributed by atoms with Crippen LogP contribution in [0.3, 0.4) is 0 Å². The van der Waals surface area contributed by atoms with Gasteiger partial charge < -0.3 is 19.5 Å². The van der Waals surface area contributed by atoms with Gasteiger partial charge in [-0.25, -0.2) is 4.68 Å². The lowest BCUT2D eigenvalue weighted by Crippen LogP contribution is -2.18. The summed E-state index contributed by atoms with van der Waals surface area (Å²) in [7, 11) is 6.08. The van der Waals surface area contributed by atoms with Crippen molar-refractivity contribution in [2.45, 2.75) is 0 Å². The van der Waals surface area contributed by atoms with E-state index in [2.05, 4.69) is 10.4 Å². The van der Waals surface area contributed by atoms with Gasteiger partial charge >= 0.3 is 0 Å². The van der Waals surface area contributed by atoms with Gasteiger partial charge in [0.15, 0.2) is 11.5 Å². The van der Waals surface area contributed by atoms with Gasteiger partial charge in [-0.15, -0.1) is 0 Å². The highest BCUT2D eigenvalue weighted by atomic mass is 16.5. The minimum atomic E-state index is -0.322. The second kappa shape index (κ2) is 8.47. The van der Waals surface area contributed by atoms with Crippen LogP contribution in [0.1, 0.15) is 10.4 Å². The second-order valence-corrected chi connectivity index (χ2v) is 6.13. The van der Waals surface area contributed by atoms with Crippen LogP contribution in [0.4, 0.5) is 5.69 Å². The molecular formula is C21H21N3O5. The number of hydrogen-bond donors (Lipinski definition) is 1. The van der Waals surface area contributed by atoms with Crippen LogP contribution in [0.15, 0.2) is 53.3 Å². The van der Waals surface area contributed by atoms with Crippen molar-refractivity contribution in [3.63, 3.8) is 0 Å². The van der Waals surface area contributed by atoms with E-state index in [1.807, 2.05) is 12.1 Å². The Hall–Kier alpha value is -3.81. The Balaban J connectivity index is 1.82. The second-order valence-electron chi connectivity index (χ2n) is 6.13. The Morgan fingerprint density at radius 2 is 1.55 bits per heavy atom. The zero-order valence-corrected chi connectivity index (χ0v) is 16.6. The number of hydrogen-bond acceptors (Lipinski definition) is 6. The van der Waals surface area contributed by atoms with E-state index in [1.165, 1.54) is 32.1 Å². The normalized spacial score (nSPS) is 10.3. The summed E-state index contributed by atoms with van der Waals surface area (Å²) >= 11 is 0. The SMILES string of the molecule is COc1cc(C(=O)Nc2ccc(-c3ccc(=O)n(C)n3)cc2)cc(OC)c1OC. The first-order valence-corrected chi connectivity index (χ1v) is 8.73. The molecule has 0 fully saturated rings. The number of nitrogens with one attached hydrogen (secondary N) is 1. The minimum Gasteiger partial charge on any atom is -0.493 e. The molecule has 2 aromatic carbocycles. The molecule has 8 nitrogen and oxygen atoms in total. The Kier molecular flexibility index (Phi) is 5.82. The van der Waals surface area contributed by atoms with Crippen molar-refractivity contribution in [2.75, 3.05) is 26.6 Å². The molecule has 0 saturated heterocycles. The van der Waals surface area contributed by atoms with Gasteiger partial charge in [0.25, 0.3) is 11.5 Å². The number of amides is 1. The number of rotatable bonds is 6. The lowest BCUT2D eigenvalue weighted by molar-refractivity contribution is 0.102. The molecule has 0 bridgehead atoms. The number of nitrogens with zero attached hydrogens (tertiary/aromatic N) is 2. The molecule has 29 heavy (non-hydrogen) atoms. The smallest absolute Gasteiger partial charge is 0.266 e. The number of methoxy groups -OCH3 is 3. The van der Waals surface area contributed by atoms with E-state index >= 15 is 0 Å². The molecule has 0 saturated carbocycles. The van der Waals surface area contributed by atoms with Crippen LogP contribution in [-0.4, -0.2) is 37.0 Å². The molecule has 1 aromatic heterocycles. The first-order valence-electron chi connectivity index (χ1n) is 8.73. The quantitative estimate of drug-likeness (QED) is 0.690. The van der Waals surface area contributed by atoms with Crippen molar-refractivity contribution in [2.24, 2.45) is 7.05 Å². The molecule has 0 aliphatic rings. The average molecular weight is 395 g/mol. The Morgan fingerprint density at radius 3 is 2.07 bits per heavy atom. The van der Waals surface area contributed by atoms with E-state index in [-0.39, 0.29) is 11.5 Å². The van der Waals surface area contributed by atoms with Crippen LogP contribution >= 0.6 is 0 Å². The fourth-order valence-corrected chi connectivity index (χ4v) is 2.80. The molecule has 8 heteroatoms. The third-order valence-corrected chi connectivity index (χ3v) is 4.33. The van der Waals surface area contributed by atoms with Crippen molar-refractivity contribution >= 4 is 11.6 Å². The lowest BCUT2D eigenvalue weighted by atomic mass is 10.1. The summed E-state index contributed by atoms with van der Waals surface area (Å²) in [6.07, 6.45) is 0. The third-order valence-electron chi connectivity index (χ3n) is 4.33. The van der Waals surface area contributed by atoms with Gasteiger partial charge in [0, 0.05) is 29.9 Å². The maximum absolute atomic E-state index is 12.7. The first-order chi connectivity index (χ1) is 14.0. The van der Waals surface area contributed by atoms with Crippen LogP contribution in [0, 0.1) is 0 Å². The first kappa shape index (κ1) is 19.9. The summed E-state index contributed by atoms with van der Waals surface area (Å²) in [6, 6.07) is 13.4. The van der Waals surface area contributed by atoms with Gasteiger partial charge in [-0.3, -0.25) is 9.59 Å². The van der Waals surface area contributed by atoms with Crippen LogP contribution in [-0.2, 0) is 7.05 Å². The third kappa shape index (κ3) is 4.21. The van der Waals surface area contributed by atoms with Crippen LogP contribution in [0.25, 0.3) is 11.3 Å². The maximum Gasteiger partial charge on any atom is 0.266 e. The van der Waals surface area contributed by atoms with Crippen molar-refractivity contribution in [1.82, 2.24) is 9.78 Å². The maximum atomic E-state index is 12.7. The summed E-state index contributed by atoms with van der Waals surface area (Å²) < 4.78 is 17.1. The molecule has 1 heterocycles. The Labute approximate surface area is 167 Å². The monoisotopic (exact) mass is 395 g/mol. The minimum absolute atomic E-state index is 0.178. The number of carbonyl (C=O) groups excluding carboxylic acids is 1. The summed E-state index contributed by atoms with van der Waals surface area (Å²) in [6.45, 7) is 0. The molecule has 0 aliphatic heterocycles. The Morgan fingerprint density at radius 1 is 0.931 bits per heavy atom. The van der Waals surface area contributed by atoms with Gasteiger partial charge in [0.2, 0.25) is 5.75 Å². The highest BCUT2D eigenvalue weighted by molar-refractivity contribution is 6.05. The number of aromatic nitrogens is 2. The summed E-state index contributed by atoms with van der Waals surface area (Å²) in [5, 5.41) is 7.04. The number of anilines is 1. The van der Waals surface area contributed by atoms with Crippen molar-refractivity contribution < 1.29 is 19.0 Å². The Bertz CT molecular complexity index is 1070. The summed E-state index contributed by atoms with van der Waals surface area (Å²) in [5.74, 6) is 0.888. The van der Waals surface area contributed by atoms with Crippen molar-refractivity contribution in [3.05, 3.63) is 64.4 Å². The molecule has 3 aromatic rings. The van der Waals surface area contributed by atoms with Gasteiger partial charge in [-0.05, 0) is 30.3 Å². The van der Waals surface area contributed by atoms with Crippen LogP contribution < -0.4 is 25.1 Å². The molecule has 3 rings (SSSR count). The highest BCUT2D eigenvalue weighted by Gasteiger charge is 2.17. The number of aryl methyl sites for hydroxylation is 1. The molecule has 0 aliphatic carbocycles. The van der Waals surface area contributed by atoms with Crippen molar-refractivity contribution in [3.8, 4) is 28.5 Å². The van der Waals surface area contributed by atoms with E-state index < -0.39 is 0 Å². The predicted molar refractivity (Wildman–Crippen MR) is 109 cm³/mol. The number of benzene rings is 2. The van der Waals surface area contributed by atoms with Gasteiger partial charge in [0.05, 0.1) is 27.0 Å². The lowest BCUT2D eigenvalue weighted by Gasteiger charge is -2.14. The number of carbonyl (C=O) groups is 1. The average Bonchev–Trinajstić information content (AvgIpc) is 2.75. The molecule has 1 N–H and O–H groups in total. The highest BCUT2D eigenvalue weighted by Crippen LogP contribution is 2.38. The molecule has 0 atom stereocenters. The predicted octanol–water partition coefficient (Wildman–Crippen LogP) is 2.73. The summed E-state index contributed by atoms with van der Waals surface area (Å²) in [4.78, 5) is 24.1. The zero-order chi connectivity index (χ0) is 21.0. The van der Waals surface area contributed by atoms with E-state index in [4.69, 9.17) is 14.2 Å². The van der Waals surface area contributed by atoms with E-state index in [0.717, 1.165) is 5.56 Å². The standard InChI is InChI=1S/C21H21N3O5/c1-24-19(25)10-9-16(23-24)13-5-7-15(8-6-13)22-21(26)14-11-17(27-2)20(29-4)18(12-14)28-3/h5-12H,1-4H3,(H,22,26). The van der Waals surface area contributed by atoms with Gasteiger partial charge in [0.1, 0.15) is 0 Å². The largest absolute Gasteiger partial charge is 0.493 e. The van der Waals surface area contributed by atoms with Gasteiger partial charge in [-0.1, -0.05) is 12.1 Å². The van der Waals surface area contributed by atoms with E-state index in [1.54, 1.807) is 37.4 Å². The fourth-order valence-electron chi connectivity index (χ4n) is 2.80. The topological polar surface area (TPSA) is 91.7 Å². The van der Waals surface area contributed by atoms with Crippen molar-refractivity contribution in [1.29, 1.82) is 0 Å². The van der Waals surface area contributed by atoms with Crippen LogP contribution in [0.2, 0.25) is 0 Å². The number of ether oxygens (including phenoxy) is 3. The van der Waals surface area contributed by atoms with Crippen LogP contribution in [0.5, 0.6) is 17.2 Å². The molecule has 1 amide bonds. The molecular weight excluding hydrogens is 374 g/mol. The molecule has 0 spiro atoms. The fraction of sp³-hybridized carbons (Fsp3) is 0.190. The molecule has 0 radical (unpaired) electrons. The van der Waals surface area contributed by atoms with Gasteiger partial charge in [-0.2, -0.15) is 5.10 Å². The van der Waals surface area contributed by atoms with E-state index in [0.29, 0.717) is 34.2 Å². The molecule has 0 unspecified atom stereocenters. The molecule has 150 valence electrons.